The van der Waals surface area contributed by atoms with Gasteiger partial charge < -0.3 is 20.0 Å². The number of hydrogen-bond acceptors (Lipinski definition) is 4. The number of rotatable bonds is 4. The first-order valence-electron chi connectivity index (χ1n) is 8.26. The van der Waals surface area contributed by atoms with Crippen LogP contribution >= 0.6 is 0 Å². The highest BCUT2D eigenvalue weighted by Gasteiger charge is 2.28. The van der Waals surface area contributed by atoms with Crippen molar-refractivity contribution >= 4 is 22.8 Å². The zero-order chi connectivity index (χ0) is 17.4. The Kier molecular flexibility index (Phi) is 3.76. The summed E-state index contributed by atoms with van der Waals surface area (Å²) >= 11 is 0. The van der Waals surface area contributed by atoms with Crippen LogP contribution in [0.25, 0.3) is 11.1 Å². The molecule has 0 radical (unpaired) electrons. The zero-order valence-corrected chi connectivity index (χ0v) is 13.7. The average Bonchev–Trinajstić information content (AvgIpc) is 3.35. The molecule has 0 spiro atoms. The van der Waals surface area contributed by atoms with Crippen LogP contribution in [0.3, 0.4) is 0 Å². The van der Waals surface area contributed by atoms with E-state index in [1.807, 2.05) is 6.07 Å². The molecule has 1 atom stereocenters. The number of urea groups is 1. The van der Waals surface area contributed by atoms with Crippen LogP contribution < -0.4 is 16.2 Å². The Hall–Kier alpha value is -3.09. The lowest BCUT2D eigenvalue weighted by Gasteiger charge is -2.14. The Morgan fingerprint density at radius 1 is 1.36 bits per heavy atom. The number of carbonyl (C=O) groups is 1. The SMILES string of the molecule is CC(NC(=O)Nc1ccc2nc(C3CC3)oc2c1)c1ccc[nH]c1=O. The first-order chi connectivity index (χ1) is 12.1. The number of aromatic nitrogens is 2. The maximum absolute atomic E-state index is 12.2. The third-order valence-electron chi connectivity index (χ3n) is 4.25. The van der Waals surface area contributed by atoms with Crippen molar-refractivity contribution in [2.24, 2.45) is 0 Å². The quantitative estimate of drug-likeness (QED) is 0.679. The van der Waals surface area contributed by atoms with Crippen LogP contribution in [-0.4, -0.2) is 16.0 Å². The predicted molar refractivity (Wildman–Crippen MR) is 93.6 cm³/mol. The van der Waals surface area contributed by atoms with Gasteiger partial charge >= 0.3 is 6.03 Å². The van der Waals surface area contributed by atoms with Crippen LogP contribution in [0.2, 0.25) is 0 Å². The molecule has 25 heavy (non-hydrogen) atoms. The molecule has 1 aromatic carbocycles. The summed E-state index contributed by atoms with van der Waals surface area (Å²) in [6.07, 6.45) is 3.80. The minimum atomic E-state index is -0.416. The largest absolute Gasteiger partial charge is 0.440 e. The van der Waals surface area contributed by atoms with E-state index in [1.165, 1.54) is 0 Å². The van der Waals surface area contributed by atoms with E-state index in [4.69, 9.17) is 4.42 Å². The second-order valence-corrected chi connectivity index (χ2v) is 6.28. The number of H-pyrrole nitrogens is 1. The van der Waals surface area contributed by atoms with E-state index in [0.717, 1.165) is 24.2 Å². The molecule has 1 aliphatic carbocycles. The summed E-state index contributed by atoms with van der Waals surface area (Å²) in [5, 5.41) is 5.51. The first kappa shape index (κ1) is 15.4. The van der Waals surface area contributed by atoms with Crippen molar-refractivity contribution in [3.63, 3.8) is 0 Å². The molecular formula is C18H18N4O3. The fourth-order valence-corrected chi connectivity index (χ4v) is 2.74. The van der Waals surface area contributed by atoms with Crippen molar-refractivity contribution in [1.29, 1.82) is 0 Å². The minimum Gasteiger partial charge on any atom is -0.440 e. The van der Waals surface area contributed by atoms with Gasteiger partial charge in [-0.1, -0.05) is 6.07 Å². The van der Waals surface area contributed by atoms with E-state index in [1.54, 1.807) is 37.4 Å². The maximum Gasteiger partial charge on any atom is 0.319 e. The van der Waals surface area contributed by atoms with Gasteiger partial charge in [-0.3, -0.25) is 4.79 Å². The van der Waals surface area contributed by atoms with Gasteiger partial charge in [0, 0.05) is 29.4 Å². The molecule has 3 N–H and O–H groups in total. The fraction of sp³-hybridized carbons (Fsp3) is 0.278. The number of oxazole rings is 1. The van der Waals surface area contributed by atoms with Crippen LogP contribution in [0, 0.1) is 0 Å². The number of nitrogens with one attached hydrogen (secondary N) is 3. The van der Waals surface area contributed by atoms with E-state index < -0.39 is 12.1 Å². The second kappa shape index (κ2) is 6.08. The van der Waals surface area contributed by atoms with Crippen LogP contribution in [-0.2, 0) is 0 Å². The molecule has 1 saturated carbocycles. The number of benzene rings is 1. The average molecular weight is 338 g/mol. The number of amides is 2. The zero-order valence-electron chi connectivity index (χ0n) is 13.7. The van der Waals surface area contributed by atoms with Gasteiger partial charge in [-0.2, -0.15) is 0 Å². The van der Waals surface area contributed by atoms with Crippen molar-refractivity contribution in [2.75, 3.05) is 5.32 Å². The number of carbonyl (C=O) groups excluding carboxylic acids is 1. The van der Waals surface area contributed by atoms with Gasteiger partial charge in [0.2, 0.25) is 0 Å². The van der Waals surface area contributed by atoms with Crippen molar-refractivity contribution in [2.45, 2.75) is 31.7 Å². The maximum atomic E-state index is 12.2. The van der Waals surface area contributed by atoms with Gasteiger partial charge in [-0.15, -0.1) is 0 Å². The van der Waals surface area contributed by atoms with E-state index >= 15 is 0 Å². The molecule has 4 rings (SSSR count). The molecule has 2 amide bonds. The van der Waals surface area contributed by atoms with Crippen LogP contribution in [0.1, 0.15) is 43.2 Å². The van der Waals surface area contributed by atoms with Gasteiger partial charge in [0.15, 0.2) is 11.5 Å². The lowest BCUT2D eigenvalue weighted by Crippen LogP contribution is -2.33. The molecule has 0 aliphatic heterocycles. The van der Waals surface area contributed by atoms with Crippen molar-refractivity contribution < 1.29 is 9.21 Å². The highest BCUT2D eigenvalue weighted by molar-refractivity contribution is 5.91. The summed E-state index contributed by atoms with van der Waals surface area (Å²) in [4.78, 5) is 31.0. The van der Waals surface area contributed by atoms with Gasteiger partial charge in [-0.25, -0.2) is 9.78 Å². The molecule has 1 aliphatic rings. The molecule has 2 aromatic heterocycles. The number of hydrogen-bond donors (Lipinski definition) is 3. The molecule has 3 aromatic rings. The van der Waals surface area contributed by atoms with Crippen LogP contribution in [0.4, 0.5) is 10.5 Å². The number of fused-ring (bicyclic) bond motifs is 1. The fourth-order valence-electron chi connectivity index (χ4n) is 2.74. The lowest BCUT2D eigenvalue weighted by atomic mass is 10.1. The van der Waals surface area contributed by atoms with Gasteiger partial charge in [0.25, 0.3) is 5.56 Å². The Morgan fingerprint density at radius 3 is 2.96 bits per heavy atom. The Morgan fingerprint density at radius 2 is 2.20 bits per heavy atom. The molecular weight excluding hydrogens is 320 g/mol. The normalized spacial score (nSPS) is 15.1. The van der Waals surface area contributed by atoms with E-state index in [2.05, 4.69) is 20.6 Å². The Balaban J connectivity index is 1.46. The summed E-state index contributed by atoms with van der Waals surface area (Å²) in [6, 6.07) is 7.96. The number of aromatic amines is 1. The van der Waals surface area contributed by atoms with Crippen molar-refractivity contribution in [3.05, 3.63) is 58.3 Å². The van der Waals surface area contributed by atoms with Crippen molar-refractivity contribution in [1.82, 2.24) is 15.3 Å². The van der Waals surface area contributed by atoms with Crippen LogP contribution in [0.15, 0.2) is 45.7 Å². The molecule has 2 heterocycles. The number of pyridine rings is 1. The lowest BCUT2D eigenvalue weighted by molar-refractivity contribution is 0.249. The summed E-state index contributed by atoms with van der Waals surface area (Å²) < 4.78 is 5.75. The van der Waals surface area contributed by atoms with E-state index in [-0.39, 0.29) is 5.56 Å². The van der Waals surface area contributed by atoms with E-state index in [0.29, 0.717) is 22.8 Å². The van der Waals surface area contributed by atoms with Crippen molar-refractivity contribution in [3.8, 4) is 0 Å². The molecule has 1 fully saturated rings. The third kappa shape index (κ3) is 3.26. The van der Waals surface area contributed by atoms with Gasteiger partial charge in [-0.05, 0) is 38.0 Å². The minimum absolute atomic E-state index is 0.217. The summed E-state index contributed by atoms with van der Waals surface area (Å²) in [5.41, 5.74) is 2.34. The molecule has 7 nitrogen and oxygen atoms in total. The number of nitrogens with zero attached hydrogens (tertiary/aromatic N) is 1. The summed E-state index contributed by atoms with van der Waals surface area (Å²) in [6.45, 7) is 1.76. The predicted octanol–water partition coefficient (Wildman–Crippen LogP) is 3.28. The summed E-state index contributed by atoms with van der Waals surface area (Å²) in [5.74, 6) is 1.21. The Bertz CT molecular complexity index is 987. The van der Waals surface area contributed by atoms with E-state index in [9.17, 15) is 9.59 Å². The van der Waals surface area contributed by atoms with Gasteiger partial charge in [0.1, 0.15) is 5.52 Å². The molecule has 1 unspecified atom stereocenters. The Labute approximate surface area is 143 Å². The van der Waals surface area contributed by atoms with Crippen LogP contribution in [0.5, 0.6) is 0 Å². The molecule has 0 bridgehead atoms. The molecule has 0 saturated heterocycles. The summed E-state index contributed by atoms with van der Waals surface area (Å²) in [7, 11) is 0. The third-order valence-corrected chi connectivity index (χ3v) is 4.25. The van der Waals surface area contributed by atoms with Gasteiger partial charge in [0.05, 0.1) is 6.04 Å². The first-order valence-corrected chi connectivity index (χ1v) is 8.26. The highest BCUT2D eigenvalue weighted by Crippen LogP contribution is 2.40. The standard InChI is InChI=1S/C18H18N4O3/c1-10(13-3-2-8-19-16(13)23)20-18(24)21-12-6-7-14-15(9-12)25-17(22-14)11-4-5-11/h2-3,6-11H,4-5H2,1H3,(H,19,23)(H2,20,21,24). The number of anilines is 1. The smallest absolute Gasteiger partial charge is 0.319 e. The topological polar surface area (TPSA) is 100 Å². The monoisotopic (exact) mass is 338 g/mol. The molecule has 7 heteroatoms. The molecule has 128 valence electrons. The highest BCUT2D eigenvalue weighted by atomic mass is 16.3. The second-order valence-electron chi connectivity index (χ2n) is 6.28.